The largest absolute Gasteiger partial charge is 0.325 e. The van der Waals surface area contributed by atoms with Gasteiger partial charge in [-0.1, -0.05) is 31.2 Å². The van der Waals surface area contributed by atoms with Gasteiger partial charge in [-0.25, -0.2) is 4.98 Å². The van der Waals surface area contributed by atoms with Gasteiger partial charge in [0.05, 0.1) is 11.0 Å². The molecule has 0 saturated carbocycles. The van der Waals surface area contributed by atoms with Gasteiger partial charge in [-0.15, -0.1) is 0 Å². The minimum atomic E-state index is -0.0538. The number of hydrogen-bond acceptors (Lipinski definition) is 3. The van der Waals surface area contributed by atoms with E-state index < -0.39 is 0 Å². The van der Waals surface area contributed by atoms with Gasteiger partial charge in [-0.05, 0) is 43.3 Å². The minimum Gasteiger partial charge on any atom is -0.325 e. The third-order valence-corrected chi connectivity index (χ3v) is 3.94. The van der Waals surface area contributed by atoms with Crippen molar-refractivity contribution in [2.45, 2.75) is 26.9 Å². The molecule has 2 N–H and O–H groups in total. The fraction of sp³-hybridized carbons (Fsp3) is 0.263. The summed E-state index contributed by atoms with van der Waals surface area (Å²) < 4.78 is 1.94. The van der Waals surface area contributed by atoms with Gasteiger partial charge in [-0.3, -0.25) is 4.79 Å². The smallest absolute Gasteiger partial charge is 0.244 e. The first-order chi connectivity index (χ1) is 11.7. The first-order valence-corrected chi connectivity index (χ1v) is 8.18. The lowest BCUT2D eigenvalue weighted by Gasteiger charge is -2.10. The molecule has 1 amide bonds. The number of imidazole rings is 1. The van der Waals surface area contributed by atoms with Crippen molar-refractivity contribution in [1.29, 1.82) is 0 Å². The number of nitrogens with one attached hydrogen (secondary N) is 2. The maximum atomic E-state index is 12.4. The highest BCUT2D eigenvalue weighted by Crippen LogP contribution is 2.16. The van der Waals surface area contributed by atoms with Crippen LogP contribution in [-0.2, 0) is 17.9 Å². The van der Waals surface area contributed by atoms with Crippen LogP contribution in [0, 0.1) is 6.92 Å². The molecule has 0 fully saturated rings. The Hall–Kier alpha value is -2.66. The van der Waals surface area contributed by atoms with Gasteiger partial charge in [0.2, 0.25) is 5.91 Å². The first-order valence-electron chi connectivity index (χ1n) is 8.18. The van der Waals surface area contributed by atoms with E-state index in [4.69, 9.17) is 0 Å². The summed E-state index contributed by atoms with van der Waals surface area (Å²) in [6.07, 6.45) is 0. The number of benzene rings is 2. The van der Waals surface area contributed by atoms with E-state index in [1.165, 1.54) is 0 Å². The minimum absolute atomic E-state index is 0.0538. The van der Waals surface area contributed by atoms with Gasteiger partial charge in [-0.2, -0.15) is 0 Å². The van der Waals surface area contributed by atoms with Gasteiger partial charge >= 0.3 is 0 Å². The molecule has 0 spiro atoms. The molecule has 2 aromatic carbocycles. The second kappa shape index (κ2) is 7.27. The molecule has 3 rings (SSSR count). The fourth-order valence-corrected chi connectivity index (χ4v) is 2.77. The van der Waals surface area contributed by atoms with Crippen molar-refractivity contribution >= 4 is 22.6 Å². The van der Waals surface area contributed by atoms with E-state index in [9.17, 15) is 4.79 Å². The number of hydrogen-bond donors (Lipinski definition) is 2. The van der Waals surface area contributed by atoms with Crippen LogP contribution in [0.25, 0.3) is 11.0 Å². The van der Waals surface area contributed by atoms with E-state index >= 15 is 0 Å². The quantitative estimate of drug-likeness (QED) is 0.733. The lowest BCUT2D eigenvalue weighted by Crippen LogP contribution is -2.19. The zero-order chi connectivity index (χ0) is 16.9. The highest BCUT2D eigenvalue weighted by molar-refractivity contribution is 5.91. The first kappa shape index (κ1) is 16.2. The van der Waals surface area contributed by atoms with Crippen molar-refractivity contribution in [3.8, 4) is 0 Å². The highest BCUT2D eigenvalue weighted by atomic mass is 16.1. The Balaban J connectivity index is 1.72. The molecule has 0 aliphatic heterocycles. The Labute approximate surface area is 141 Å². The molecule has 3 aromatic rings. The summed E-state index contributed by atoms with van der Waals surface area (Å²) in [6, 6.07) is 15.8. The summed E-state index contributed by atoms with van der Waals surface area (Å²) in [7, 11) is 0. The number of carbonyl (C=O) groups is 1. The van der Waals surface area contributed by atoms with Crippen LogP contribution >= 0.6 is 0 Å². The number of fused-ring (bicyclic) bond motifs is 1. The molecule has 0 atom stereocenters. The molecular weight excluding hydrogens is 300 g/mol. The Morgan fingerprint density at radius 2 is 2.00 bits per heavy atom. The summed E-state index contributed by atoms with van der Waals surface area (Å²) in [5.74, 6) is 0.786. The molecule has 0 unspecified atom stereocenters. The molecular formula is C19H22N4O. The van der Waals surface area contributed by atoms with Crippen molar-refractivity contribution < 1.29 is 4.79 Å². The molecule has 0 aliphatic carbocycles. The normalized spacial score (nSPS) is 10.9. The maximum Gasteiger partial charge on any atom is 0.244 e. The number of aryl methyl sites for hydroxylation is 1. The van der Waals surface area contributed by atoms with E-state index in [1.807, 2.05) is 60.0 Å². The Morgan fingerprint density at radius 1 is 1.17 bits per heavy atom. The predicted octanol–water partition coefficient (Wildman–Crippen LogP) is 3.09. The predicted molar refractivity (Wildman–Crippen MR) is 96.9 cm³/mol. The molecule has 0 radical (unpaired) electrons. The topological polar surface area (TPSA) is 58.9 Å². The van der Waals surface area contributed by atoms with Crippen LogP contribution < -0.4 is 10.6 Å². The molecule has 124 valence electrons. The molecule has 5 heteroatoms. The number of anilines is 1. The van der Waals surface area contributed by atoms with Crippen LogP contribution in [0.15, 0.2) is 48.5 Å². The number of amides is 1. The molecule has 5 nitrogen and oxygen atoms in total. The summed E-state index contributed by atoms with van der Waals surface area (Å²) in [6.45, 7) is 5.96. The van der Waals surface area contributed by atoms with Crippen LogP contribution in [-0.4, -0.2) is 22.0 Å². The monoisotopic (exact) mass is 322 g/mol. The number of aromatic nitrogens is 2. The second-order valence-corrected chi connectivity index (χ2v) is 5.76. The molecule has 24 heavy (non-hydrogen) atoms. The summed E-state index contributed by atoms with van der Waals surface area (Å²) in [4.78, 5) is 16.9. The van der Waals surface area contributed by atoms with Crippen LogP contribution in [0.1, 0.15) is 18.3 Å². The van der Waals surface area contributed by atoms with E-state index in [0.29, 0.717) is 0 Å². The summed E-state index contributed by atoms with van der Waals surface area (Å²) in [5, 5.41) is 6.26. The third-order valence-electron chi connectivity index (χ3n) is 3.94. The van der Waals surface area contributed by atoms with E-state index in [0.717, 1.165) is 41.2 Å². The molecule has 1 aromatic heterocycles. The van der Waals surface area contributed by atoms with Crippen molar-refractivity contribution in [3.63, 3.8) is 0 Å². The molecule has 0 saturated heterocycles. The Morgan fingerprint density at radius 3 is 2.83 bits per heavy atom. The van der Waals surface area contributed by atoms with E-state index in [-0.39, 0.29) is 12.5 Å². The van der Waals surface area contributed by atoms with Gasteiger partial charge < -0.3 is 15.2 Å². The van der Waals surface area contributed by atoms with Crippen LogP contribution in [0.2, 0.25) is 0 Å². The zero-order valence-corrected chi connectivity index (χ0v) is 14.0. The number of nitrogens with zero attached hydrogens (tertiary/aromatic N) is 2. The highest BCUT2D eigenvalue weighted by Gasteiger charge is 2.11. The van der Waals surface area contributed by atoms with Gasteiger partial charge in [0, 0.05) is 12.2 Å². The van der Waals surface area contributed by atoms with Crippen LogP contribution in [0.4, 0.5) is 5.69 Å². The number of rotatable bonds is 6. The zero-order valence-electron chi connectivity index (χ0n) is 14.0. The molecule has 0 bridgehead atoms. The fourth-order valence-electron chi connectivity index (χ4n) is 2.77. The number of para-hydroxylation sites is 2. The van der Waals surface area contributed by atoms with Gasteiger partial charge in [0.15, 0.2) is 0 Å². The molecule has 1 heterocycles. The van der Waals surface area contributed by atoms with Gasteiger partial charge in [0.25, 0.3) is 0 Å². The van der Waals surface area contributed by atoms with Crippen LogP contribution in [0.5, 0.6) is 0 Å². The third kappa shape index (κ3) is 3.63. The lowest BCUT2D eigenvalue weighted by atomic mass is 10.2. The maximum absolute atomic E-state index is 12.4. The van der Waals surface area contributed by atoms with Crippen molar-refractivity contribution in [1.82, 2.24) is 14.9 Å². The summed E-state index contributed by atoms with van der Waals surface area (Å²) in [5.41, 5.74) is 3.86. The average molecular weight is 322 g/mol. The SMILES string of the molecule is CCNCc1cccc(NC(=O)Cn2c(C)nc3ccccc32)c1. The standard InChI is InChI=1S/C19H22N4O/c1-3-20-12-15-7-6-8-16(11-15)22-19(24)13-23-14(2)21-17-9-4-5-10-18(17)23/h4-11,20H,3,12-13H2,1-2H3,(H,22,24). The lowest BCUT2D eigenvalue weighted by molar-refractivity contribution is -0.116. The van der Waals surface area contributed by atoms with Gasteiger partial charge in [0.1, 0.15) is 12.4 Å². The Kier molecular flexibility index (Phi) is 4.91. The van der Waals surface area contributed by atoms with E-state index in [2.05, 4.69) is 22.5 Å². The average Bonchev–Trinajstić information content (AvgIpc) is 2.89. The van der Waals surface area contributed by atoms with Crippen molar-refractivity contribution in [2.75, 3.05) is 11.9 Å². The summed E-state index contributed by atoms with van der Waals surface area (Å²) >= 11 is 0. The Bertz CT molecular complexity index is 853. The van der Waals surface area contributed by atoms with Crippen molar-refractivity contribution in [3.05, 3.63) is 59.9 Å². The number of carbonyl (C=O) groups excluding carboxylic acids is 1. The second-order valence-electron chi connectivity index (χ2n) is 5.76. The molecule has 0 aliphatic rings. The van der Waals surface area contributed by atoms with Crippen LogP contribution in [0.3, 0.4) is 0 Å². The van der Waals surface area contributed by atoms with Crippen molar-refractivity contribution in [2.24, 2.45) is 0 Å². The van der Waals surface area contributed by atoms with E-state index in [1.54, 1.807) is 0 Å².